The fraction of sp³-hybridized carbons (Fsp3) is 0.533. The number of rotatable bonds is 8. The second-order valence-corrected chi connectivity index (χ2v) is 4.80. The summed E-state index contributed by atoms with van der Waals surface area (Å²) in [4.78, 5) is 11.3. The van der Waals surface area contributed by atoms with Crippen LogP contribution in [0.2, 0.25) is 0 Å². The number of ether oxygens (including phenoxy) is 2. The Hall–Kier alpha value is -1.75. The Balaban J connectivity index is 2.85. The van der Waals surface area contributed by atoms with Gasteiger partial charge in [-0.2, -0.15) is 0 Å². The summed E-state index contributed by atoms with van der Waals surface area (Å²) < 4.78 is 10.9. The van der Waals surface area contributed by atoms with Crippen molar-refractivity contribution in [3.63, 3.8) is 0 Å². The zero-order valence-electron chi connectivity index (χ0n) is 12.5. The van der Waals surface area contributed by atoms with Gasteiger partial charge in [-0.1, -0.05) is 19.9 Å². The van der Waals surface area contributed by atoms with E-state index in [1.165, 1.54) is 0 Å². The molecule has 1 unspecified atom stereocenters. The van der Waals surface area contributed by atoms with Crippen molar-refractivity contribution in [1.82, 2.24) is 5.32 Å². The minimum Gasteiger partial charge on any atom is -0.493 e. The molecule has 20 heavy (non-hydrogen) atoms. The van der Waals surface area contributed by atoms with Crippen molar-refractivity contribution in [3.8, 4) is 11.5 Å². The Bertz CT molecular complexity index is 461. The molecule has 0 heterocycles. The third-order valence-electron chi connectivity index (χ3n) is 3.19. The van der Waals surface area contributed by atoms with Crippen LogP contribution in [0.1, 0.15) is 26.3 Å². The highest BCUT2D eigenvalue weighted by Gasteiger charge is 2.33. The van der Waals surface area contributed by atoms with Gasteiger partial charge in [0.05, 0.1) is 7.11 Å². The maximum Gasteiger partial charge on any atom is 0.327 e. The zero-order chi connectivity index (χ0) is 15.2. The lowest BCUT2D eigenvalue weighted by molar-refractivity contribution is -0.145. The van der Waals surface area contributed by atoms with E-state index in [1.54, 1.807) is 14.0 Å². The SMILES string of the molecule is CCNC(C)(COc1ccc(CC)cc1OC)C(=O)O. The van der Waals surface area contributed by atoms with Crippen molar-refractivity contribution in [3.05, 3.63) is 23.8 Å². The largest absolute Gasteiger partial charge is 0.493 e. The monoisotopic (exact) mass is 281 g/mol. The van der Waals surface area contributed by atoms with E-state index in [1.807, 2.05) is 25.1 Å². The number of aryl methyl sites for hydroxylation is 1. The number of benzene rings is 1. The molecule has 0 aliphatic rings. The molecule has 0 spiro atoms. The average Bonchev–Trinajstić information content (AvgIpc) is 2.45. The molecular weight excluding hydrogens is 258 g/mol. The average molecular weight is 281 g/mol. The van der Waals surface area contributed by atoms with Crippen LogP contribution in [-0.4, -0.2) is 36.9 Å². The summed E-state index contributed by atoms with van der Waals surface area (Å²) in [7, 11) is 1.57. The summed E-state index contributed by atoms with van der Waals surface area (Å²) >= 11 is 0. The van der Waals surface area contributed by atoms with Crippen LogP contribution in [0, 0.1) is 0 Å². The smallest absolute Gasteiger partial charge is 0.327 e. The summed E-state index contributed by atoms with van der Waals surface area (Å²) in [6.45, 7) is 6.10. The number of hydrogen-bond donors (Lipinski definition) is 2. The van der Waals surface area contributed by atoms with Gasteiger partial charge in [-0.25, -0.2) is 0 Å². The number of hydrogen-bond acceptors (Lipinski definition) is 4. The van der Waals surface area contributed by atoms with Gasteiger partial charge >= 0.3 is 5.97 Å². The first-order chi connectivity index (χ1) is 9.46. The van der Waals surface area contributed by atoms with E-state index in [0.717, 1.165) is 12.0 Å². The van der Waals surface area contributed by atoms with Gasteiger partial charge in [0.15, 0.2) is 11.5 Å². The maximum absolute atomic E-state index is 11.3. The van der Waals surface area contributed by atoms with Gasteiger partial charge in [0.2, 0.25) is 0 Å². The van der Waals surface area contributed by atoms with E-state index in [9.17, 15) is 9.90 Å². The number of carboxylic acids is 1. The van der Waals surface area contributed by atoms with Crippen LogP contribution in [0.3, 0.4) is 0 Å². The van der Waals surface area contributed by atoms with Crippen molar-refractivity contribution in [2.45, 2.75) is 32.7 Å². The maximum atomic E-state index is 11.3. The van der Waals surface area contributed by atoms with Crippen LogP contribution >= 0.6 is 0 Å². The Morgan fingerprint density at radius 3 is 2.55 bits per heavy atom. The van der Waals surface area contributed by atoms with E-state index < -0.39 is 11.5 Å². The molecular formula is C15H23NO4. The van der Waals surface area contributed by atoms with Crippen LogP contribution in [0.4, 0.5) is 0 Å². The second-order valence-electron chi connectivity index (χ2n) is 4.80. The molecule has 0 aliphatic carbocycles. The summed E-state index contributed by atoms with van der Waals surface area (Å²) in [5, 5.41) is 12.2. The van der Waals surface area contributed by atoms with Crippen LogP contribution in [0.25, 0.3) is 0 Å². The zero-order valence-corrected chi connectivity index (χ0v) is 12.5. The molecule has 112 valence electrons. The molecule has 5 heteroatoms. The van der Waals surface area contributed by atoms with Gasteiger partial charge < -0.3 is 14.6 Å². The number of likely N-dealkylation sites (N-methyl/N-ethyl adjacent to an activating group) is 1. The Morgan fingerprint density at radius 2 is 2.05 bits per heavy atom. The summed E-state index contributed by atoms with van der Waals surface area (Å²) in [6, 6.07) is 5.66. The van der Waals surface area contributed by atoms with E-state index in [-0.39, 0.29) is 6.61 Å². The predicted octanol–water partition coefficient (Wildman–Crippen LogP) is 2.09. The Morgan fingerprint density at radius 1 is 1.35 bits per heavy atom. The summed E-state index contributed by atoms with van der Waals surface area (Å²) in [5.74, 6) is 0.229. The predicted molar refractivity (Wildman–Crippen MR) is 77.6 cm³/mol. The topological polar surface area (TPSA) is 67.8 Å². The van der Waals surface area contributed by atoms with Crippen molar-refractivity contribution in [1.29, 1.82) is 0 Å². The minimum atomic E-state index is -1.12. The number of methoxy groups -OCH3 is 1. The first-order valence-corrected chi connectivity index (χ1v) is 6.75. The van der Waals surface area contributed by atoms with Gasteiger partial charge in [0.25, 0.3) is 0 Å². The first kappa shape index (κ1) is 16.3. The normalized spacial score (nSPS) is 13.6. The third kappa shape index (κ3) is 3.87. The molecule has 0 radical (unpaired) electrons. The molecule has 1 aromatic carbocycles. The molecule has 5 nitrogen and oxygen atoms in total. The van der Waals surface area contributed by atoms with E-state index in [4.69, 9.17) is 9.47 Å². The van der Waals surface area contributed by atoms with Gasteiger partial charge in [-0.15, -0.1) is 0 Å². The van der Waals surface area contributed by atoms with Gasteiger partial charge in [-0.05, 0) is 37.6 Å². The summed E-state index contributed by atoms with van der Waals surface area (Å²) in [5.41, 5.74) is 0.0188. The van der Waals surface area contributed by atoms with Gasteiger partial charge in [-0.3, -0.25) is 10.1 Å². The molecule has 0 saturated carbocycles. The fourth-order valence-electron chi connectivity index (χ4n) is 1.85. The molecule has 0 saturated heterocycles. The molecule has 1 atom stereocenters. The molecule has 0 aromatic heterocycles. The highest BCUT2D eigenvalue weighted by Crippen LogP contribution is 2.29. The molecule has 0 aliphatic heterocycles. The molecule has 2 N–H and O–H groups in total. The second kappa shape index (κ2) is 7.14. The first-order valence-electron chi connectivity index (χ1n) is 6.75. The fourth-order valence-corrected chi connectivity index (χ4v) is 1.85. The van der Waals surface area contributed by atoms with Crippen LogP contribution in [0.5, 0.6) is 11.5 Å². The van der Waals surface area contributed by atoms with Crippen molar-refractivity contribution in [2.24, 2.45) is 0 Å². The number of carboxylic acid groups (broad SMARTS) is 1. The molecule has 0 bridgehead atoms. The minimum absolute atomic E-state index is 0.0258. The number of aliphatic carboxylic acids is 1. The highest BCUT2D eigenvalue weighted by molar-refractivity contribution is 5.78. The van der Waals surface area contributed by atoms with Crippen LogP contribution in [0.15, 0.2) is 18.2 Å². The quantitative estimate of drug-likeness (QED) is 0.763. The van der Waals surface area contributed by atoms with Gasteiger partial charge in [0, 0.05) is 0 Å². The Labute approximate surface area is 119 Å². The molecule has 1 rings (SSSR count). The van der Waals surface area contributed by atoms with E-state index in [2.05, 4.69) is 12.2 Å². The van der Waals surface area contributed by atoms with Crippen LogP contribution < -0.4 is 14.8 Å². The van der Waals surface area contributed by atoms with Gasteiger partial charge in [0.1, 0.15) is 12.1 Å². The van der Waals surface area contributed by atoms with Crippen LogP contribution in [-0.2, 0) is 11.2 Å². The number of nitrogens with one attached hydrogen (secondary N) is 1. The standard InChI is InChI=1S/C15H23NO4/c1-5-11-7-8-12(13(9-11)19-4)20-10-15(3,14(17)18)16-6-2/h7-9,16H,5-6,10H2,1-4H3,(H,17,18). The van der Waals surface area contributed by atoms with E-state index >= 15 is 0 Å². The highest BCUT2D eigenvalue weighted by atomic mass is 16.5. The lowest BCUT2D eigenvalue weighted by atomic mass is 10.0. The van der Waals surface area contributed by atoms with Crippen molar-refractivity contribution >= 4 is 5.97 Å². The molecule has 0 amide bonds. The van der Waals surface area contributed by atoms with E-state index in [0.29, 0.717) is 18.0 Å². The third-order valence-corrected chi connectivity index (χ3v) is 3.19. The lowest BCUT2D eigenvalue weighted by Crippen LogP contribution is -2.53. The summed E-state index contributed by atoms with van der Waals surface area (Å²) in [6.07, 6.45) is 0.904. The van der Waals surface area contributed by atoms with Crippen molar-refractivity contribution < 1.29 is 19.4 Å². The Kier molecular flexibility index (Phi) is 5.82. The van der Waals surface area contributed by atoms with Crippen molar-refractivity contribution in [2.75, 3.05) is 20.3 Å². The molecule has 1 aromatic rings. The molecule has 0 fully saturated rings. The number of carbonyl (C=O) groups is 1. The lowest BCUT2D eigenvalue weighted by Gasteiger charge is -2.26.